The molecule has 0 unspecified atom stereocenters. The third-order valence-corrected chi connectivity index (χ3v) is 5.69. The predicted molar refractivity (Wildman–Crippen MR) is 115 cm³/mol. The van der Waals surface area contributed by atoms with Crippen LogP contribution in [0.4, 0.5) is 0 Å². The minimum Gasteiger partial charge on any atom is -0.494 e. The van der Waals surface area contributed by atoms with Gasteiger partial charge in [-0.25, -0.2) is 0 Å². The second kappa shape index (κ2) is 10.2. The molecule has 2 aromatic rings. The van der Waals surface area contributed by atoms with Crippen LogP contribution in [-0.4, -0.2) is 64.0 Å². The van der Waals surface area contributed by atoms with Crippen LogP contribution in [-0.2, 0) is 26.5 Å². The number of benzene rings is 2. The van der Waals surface area contributed by atoms with E-state index in [9.17, 15) is 25.2 Å². The maximum absolute atomic E-state index is 11.2. The fraction of sp³-hybridized carbons (Fsp3) is 0.435. The molecule has 1 fully saturated rings. The number of hydrogen-bond acceptors (Lipinski definition) is 8. The minimum atomic E-state index is -2.36. The van der Waals surface area contributed by atoms with E-state index in [4.69, 9.17) is 25.8 Å². The third kappa shape index (κ3) is 5.23. The van der Waals surface area contributed by atoms with Crippen LogP contribution in [0.15, 0.2) is 42.5 Å². The van der Waals surface area contributed by atoms with E-state index in [1.54, 1.807) is 12.1 Å². The zero-order valence-electron chi connectivity index (χ0n) is 17.8. The van der Waals surface area contributed by atoms with Crippen LogP contribution in [0.2, 0.25) is 5.02 Å². The van der Waals surface area contributed by atoms with Gasteiger partial charge in [0.1, 0.15) is 36.8 Å². The lowest BCUT2D eigenvalue weighted by atomic mass is 9.87. The summed E-state index contributed by atoms with van der Waals surface area (Å²) >= 11 is 6.36. The number of carbonyl (C=O) groups excluding carboxylic acids is 1. The molecule has 4 N–H and O–H groups in total. The van der Waals surface area contributed by atoms with E-state index in [-0.39, 0.29) is 5.56 Å². The third-order valence-electron chi connectivity index (χ3n) is 5.33. The van der Waals surface area contributed by atoms with Gasteiger partial charge in [-0.2, -0.15) is 0 Å². The number of halogens is 1. The van der Waals surface area contributed by atoms with Crippen LogP contribution < -0.4 is 4.74 Å². The van der Waals surface area contributed by atoms with Crippen molar-refractivity contribution in [2.45, 2.75) is 50.5 Å². The molecule has 1 aliphatic heterocycles. The fourth-order valence-corrected chi connectivity index (χ4v) is 3.79. The highest BCUT2D eigenvalue weighted by Crippen LogP contribution is 2.38. The summed E-state index contributed by atoms with van der Waals surface area (Å²) in [5.74, 6) is -2.23. The number of aliphatic hydroxyl groups is 4. The molecule has 32 heavy (non-hydrogen) atoms. The average molecular weight is 467 g/mol. The second-order valence-corrected chi connectivity index (χ2v) is 8.05. The van der Waals surface area contributed by atoms with Crippen molar-refractivity contribution in [1.29, 1.82) is 0 Å². The first kappa shape index (κ1) is 24.4. The van der Waals surface area contributed by atoms with Crippen LogP contribution >= 0.6 is 11.6 Å². The van der Waals surface area contributed by atoms with Crippen molar-refractivity contribution in [2.24, 2.45) is 0 Å². The highest BCUT2D eigenvalue weighted by Gasteiger charge is 2.54. The van der Waals surface area contributed by atoms with E-state index >= 15 is 0 Å². The minimum absolute atomic E-state index is 0.133. The monoisotopic (exact) mass is 466 g/mol. The number of aliphatic hydroxyl groups excluding tert-OH is 3. The van der Waals surface area contributed by atoms with E-state index in [2.05, 4.69) is 0 Å². The lowest BCUT2D eigenvalue weighted by Crippen LogP contribution is -2.63. The molecule has 1 heterocycles. The molecular formula is C23H27ClO8. The molecule has 0 aromatic heterocycles. The summed E-state index contributed by atoms with van der Waals surface area (Å²) < 4.78 is 15.8. The van der Waals surface area contributed by atoms with Gasteiger partial charge >= 0.3 is 5.97 Å². The van der Waals surface area contributed by atoms with Crippen molar-refractivity contribution in [2.75, 3.05) is 13.2 Å². The second-order valence-electron chi connectivity index (χ2n) is 7.64. The molecule has 1 aliphatic rings. The van der Waals surface area contributed by atoms with Gasteiger partial charge in [0, 0.05) is 17.5 Å². The molecular weight excluding hydrogens is 440 g/mol. The van der Waals surface area contributed by atoms with Gasteiger partial charge in [-0.3, -0.25) is 4.79 Å². The SMILES string of the molecule is CCOc1ccc(Cc2cc([C@@]3(O)O[C@H](COC(C)=O)[C@@H](O)[C@H](O)[C@H]3O)ccc2Cl)cc1. The van der Waals surface area contributed by atoms with Gasteiger partial charge in [0.05, 0.1) is 6.61 Å². The summed E-state index contributed by atoms with van der Waals surface area (Å²) in [4.78, 5) is 11.1. The molecule has 2 aromatic carbocycles. The molecule has 1 saturated heterocycles. The number of carbonyl (C=O) groups is 1. The Morgan fingerprint density at radius 3 is 2.44 bits per heavy atom. The van der Waals surface area contributed by atoms with Crippen LogP contribution in [0.3, 0.4) is 0 Å². The predicted octanol–water partition coefficient (Wildman–Crippen LogP) is 1.52. The maximum Gasteiger partial charge on any atom is 0.302 e. The molecule has 0 amide bonds. The molecule has 0 aliphatic carbocycles. The van der Waals surface area contributed by atoms with E-state index in [1.807, 2.05) is 31.2 Å². The highest BCUT2D eigenvalue weighted by atomic mass is 35.5. The highest BCUT2D eigenvalue weighted by molar-refractivity contribution is 6.31. The van der Waals surface area contributed by atoms with Crippen LogP contribution in [0.5, 0.6) is 5.75 Å². The van der Waals surface area contributed by atoms with E-state index in [1.165, 1.54) is 13.0 Å². The Labute approximate surface area is 190 Å². The normalized spacial score (nSPS) is 27.7. The van der Waals surface area contributed by atoms with Gasteiger partial charge in [0.15, 0.2) is 0 Å². The molecule has 174 valence electrons. The van der Waals surface area contributed by atoms with Crippen LogP contribution in [0, 0.1) is 0 Å². The molecule has 0 spiro atoms. The molecule has 9 heteroatoms. The molecule has 8 nitrogen and oxygen atoms in total. The molecule has 5 atom stereocenters. The van der Waals surface area contributed by atoms with Gasteiger partial charge in [0.2, 0.25) is 5.79 Å². The van der Waals surface area contributed by atoms with Crippen LogP contribution in [0.1, 0.15) is 30.5 Å². The lowest BCUT2D eigenvalue weighted by molar-refractivity contribution is -0.358. The smallest absolute Gasteiger partial charge is 0.302 e. The summed E-state index contributed by atoms with van der Waals surface area (Å²) in [7, 11) is 0. The van der Waals surface area contributed by atoms with Crippen molar-refractivity contribution in [3.8, 4) is 5.75 Å². The summed E-state index contributed by atoms with van der Waals surface area (Å²) in [5, 5.41) is 42.6. The average Bonchev–Trinajstić information content (AvgIpc) is 2.77. The Balaban J connectivity index is 1.87. The van der Waals surface area contributed by atoms with E-state index < -0.39 is 42.8 Å². The Morgan fingerprint density at radius 1 is 1.12 bits per heavy atom. The molecule has 3 rings (SSSR count). The van der Waals surface area contributed by atoms with Gasteiger partial charge in [-0.15, -0.1) is 0 Å². The Bertz CT molecular complexity index is 934. The lowest BCUT2D eigenvalue weighted by Gasteiger charge is -2.45. The van der Waals surface area contributed by atoms with Crippen molar-refractivity contribution < 1.29 is 39.4 Å². The summed E-state index contributed by atoms with van der Waals surface area (Å²) in [6, 6.07) is 12.0. The largest absolute Gasteiger partial charge is 0.494 e. The first-order chi connectivity index (χ1) is 15.2. The molecule has 0 radical (unpaired) electrons. The molecule has 0 bridgehead atoms. The number of ether oxygens (including phenoxy) is 3. The first-order valence-corrected chi connectivity index (χ1v) is 10.6. The van der Waals surface area contributed by atoms with Crippen LogP contribution in [0.25, 0.3) is 0 Å². The van der Waals surface area contributed by atoms with Crippen molar-refractivity contribution in [3.63, 3.8) is 0 Å². The van der Waals surface area contributed by atoms with Gasteiger partial charge in [0.25, 0.3) is 0 Å². The maximum atomic E-state index is 11.2. The zero-order chi connectivity index (χ0) is 23.5. The number of rotatable bonds is 7. The number of hydrogen-bond donors (Lipinski definition) is 4. The standard InChI is InChI=1S/C23H27ClO8/c1-3-30-17-7-4-14(5-8-17)10-15-11-16(6-9-18(15)24)23(29)22(28)21(27)20(26)19(32-23)12-31-13(2)25/h4-9,11,19-22,26-29H,3,10,12H2,1-2H3/t19-,20-,21+,22-,23-/m1/s1. The van der Waals surface area contributed by atoms with E-state index in [0.717, 1.165) is 11.3 Å². The number of esters is 1. The Morgan fingerprint density at radius 2 is 1.81 bits per heavy atom. The zero-order valence-corrected chi connectivity index (χ0v) is 18.5. The fourth-order valence-electron chi connectivity index (χ4n) is 3.60. The summed E-state index contributed by atoms with van der Waals surface area (Å²) in [6.07, 6.45) is -5.99. The topological polar surface area (TPSA) is 126 Å². The van der Waals surface area contributed by atoms with Gasteiger partial charge < -0.3 is 34.6 Å². The first-order valence-electron chi connectivity index (χ1n) is 10.2. The summed E-state index contributed by atoms with van der Waals surface area (Å²) in [5.41, 5.74) is 1.72. The Hall–Kier alpha value is -2.20. The van der Waals surface area contributed by atoms with Gasteiger partial charge in [-0.1, -0.05) is 29.8 Å². The quantitative estimate of drug-likeness (QED) is 0.452. The summed E-state index contributed by atoms with van der Waals surface area (Å²) in [6.45, 7) is 3.24. The van der Waals surface area contributed by atoms with Crippen molar-refractivity contribution in [1.82, 2.24) is 0 Å². The van der Waals surface area contributed by atoms with Crippen molar-refractivity contribution in [3.05, 3.63) is 64.2 Å². The molecule has 0 saturated carbocycles. The Kier molecular flexibility index (Phi) is 7.76. The van der Waals surface area contributed by atoms with Gasteiger partial charge in [-0.05, 0) is 48.7 Å². The van der Waals surface area contributed by atoms with Crippen molar-refractivity contribution >= 4 is 17.6 Å². The van der Waals surface area contributed by atoms with E-state index in [0.29, 0.717) is 23.6 Å².